The third kappa shape index (κ3) is 5.62. The topological polar surface area (TPSA) is 74.5 Å². The van der Waals surface area contributed by atoms with Gasteiger partial charge in [-0.25, -0.2) is 0 Å². The Hall–Kier alpha value is -2.36. The number of thioether (sulfide) groups is 1. The second kappa shape index (κ2) is 10.1. The van der Waals surface area contributed by atoms with Crippen LogP contribution >= 0.6 is 23.1 Å². The zero-order valence-corrected chi connectivity index (χ0v) is 18.5. The summed E-state index contributed by atoms with van der Waals surface area (Å²) in [4.78, 5) is 17.2. The number of nitrogens with zero attached hydrogens (tertiary/aromatic N) is 4. The first-order valence-corrected chi connectivity index (χ1v) is 11.7. The molecule has 0 radical (unpaired) electrons. The molecule has 0 unspecified atom stereocenters. The summed E-state index contributed by atoms with van der Waals surface area (Å²) in [5.74, 6) is 1.01. The monoisotopic (exact) mass is 443 g/mol. The smallest absolute Gasteiger partial charge is 0.235 e. The molecule has 3 aromatic rings. The van der Waals surface area contributed by atoms with Gasteiger partial charge in [0.05, 0.1) is 18.1 Å². The highest BCUT2D eigenvalue weighted by Gasteiger charge is 2.26. The third-order valence-corrected chi connectivity index (χ3v) is 7.01. The van der Waals surface area contributed by atoms with Crippen molar-refractivity contribution < 1.29 is 9.21 Å². The summed E-state index contributed by atoms with van der Waals surface area (Å²) in [7, 11) is 0. The number of carbonyl (C=O) groups excluding carboxylic acids is 1. The number of furan rings is 1. The van der Waals surface area contributed by atoms with Crippen LogP contribution in [0.3, 0.4) is 0 Å². The quantitative estimate of drug-likeness (QED) is 0.534. The van der Waals surface area contributed by atoms with Gasteiger partial charge in [0.25, 0.3) is 0 Å². The first kappa shape index (κ1) is 20.9. The van der Waals surface area contributed by atoms with Crippen molar-refractivity contribution in [2.45, 2.75) is 29.6 Å². The number of anilines is 1. The fourth-order valence-electron chi connectivity index (χ4n) is 3.33. The first-order valence-electron chi connectivity index (χ1n) is 9.99. The highest BCUT2D eigenvalue weighted by Crippen LogP contribution is 2.30. The van der Waals surface area contributed by atoms with Gasteiger partial charge in [-0.15, -0.1) is 10.2 Å². The van der Waals surface area contributed by atoms with Crippen molar-refractivity contribution >= 4 is 34.1 Å². The molecule has 1 aliphatic heterocycles. The maximum absolute atomic E-state index is 12.9. The van der Waals surface area contributed by atoms with Gasteiger partial charge in [-0.2, -0.15) is 0 Å². The van der Waals surface area contributed by atoms with Gasteiger partial charge in [0.2, 0.25) is 11.0 Å². The van der Waals surface area contributed by atoms with Gasteiger partial charge in [-0.3, -0.25) is 9.69 Å². The Morgan fingerprint density at radius 3 is 2.70 bits per heavy atom. The zero-order valence-electron chi connectivity index (χ0n) is 16.9. The molecule has 0 bridgehead atoms. The van der Waals surface area contributed by atoms with Crippen LogP contribution in [-0.4, -0.2) is 57.3 Å². The summed E-state index contributed by atoms with van der Waals surface area (Å²) < 4.78 is 6.09. The minimum atomic E-state index is -0.184. The van der Waals surface area contributed by atoms with E-state index in [1.807, 2.05) is 30.0 Å². The molecule has 1 aromatic carbocycles. The summed E-state index contributed by atoms with van der Waals surface area (Å²) in [6, 6.07) is 14.2. The summed E-state index contributed by atoms with van der Waals surface area (Å²) in [6.45, 7) is 6.78. The Bertz CT molecular complexity index is 924. The van der Waals surface area contributed by atoms with Crippen molar-refractivity contribution in [2.24, 2.45) is 0 Å². The molecule has 4 rings (SSSR count). The Morgan fingerprint density at radius 1 is 1.17 bits per heavy atom. The predicted octanol–water partition coefficient (Wildman–Crippen LogP) is 3.57. The highest BCUT2D eigenvalue weighted by atomic mass is 32.2. The van der Waals surface area contributed by atoms with Crippen LogP contribution < -0.4 is 5.32 Å². The van der Waals surface area contributed by atoms with E-state index < -0.39 is 0 Å². The third-order valence-electron chi connectivity index (χ3n) is 4.96. The molecule has 158 valence electrons. The number of hydrogen-bond donors (Lipinski definition) is 1. The second-order valence-corrected chi connectivity index (χ2v) is 9.72. The molecule has 0 aliphatic carbocycles. The normalized spacial score (nSPS) is 15.8. The fraction of sp³-hybridized carbons (Fsp3) is 0.381. The lowest BCUT2D eigenvalue weighted by Crippen LogP contribution is -2.50. The molecule has 0 spiro atoms. The summed E-state index contributed by atoms with van der Waals surface area (Å²) >= 11 is 2.93. The van der Waals surface area contributed by atoms with E-state index in [0.29, 0.717) is 6.54 Å². The van der Waals surface area contributed by atoms with E-state index in [0.717, 1.165) is 48.0 Å². The molecule has 1 aliphatic rings. The summed E-state index contributed by atoms with van der Waals surface area (Å²) in [5, 5.41) is 12.1. The molecule has 9 heteroatoms. The maximum atomic E-state index is 12.9. The van der Waals surface area contributed by atoms with E-state index in [1.165, 1.54) is 28.7 Å². The molecule has 0 saturated carbocycles. The molecule has 3 heterocycles. The molecule has 1 amide bonds. The van der Waals surface area contributed by atoms with Gasteiger partial charge in [0, 0.05) is 32.7 Å². The number of benzene rings is 1. The van der Waals surface area contributed by atoms with Gasteiger partial charge in [-0.05, 0) is 24.6 Å². The lowest BCUT2D eigenvalue weighted by atomic mass is 10.2. The van der Waals surface area contributed by atoms with E-state index in [4.69, 9.17) is 4.42 Å². The van der Waals surface area contributed by atoms with Gasteiger partial charge < -0.3 is 14.6 Å². The van der Waals surface area contributed by atoms with Crippen LogP contribution in [0, 0.1) is 0 Å². The largest absolute Gasteiger partial charge is 0.467 e. The fourth-order valence-corrected chi connectivity index (χ4v) is 5.31. The van der Waals surface area contributed by atoms with Crippen LogP contribution in [0.5, 0.6) is 0 Å². The second-order valence-electron chi connectivity index (χ2n) is 7.15. The number of aromatic nitrogens is 2. The number of hydrogen-bond acceptors (Lipinski definition) is 8. The first-order chi connectivity index (χ1) is 14.7. The van der Waals surface area contributed by atoms with Crippen LogP contribution in [0.4, 0.5) is 5.13 Å². The molecule has 1 fully saturated rings. The predicted molar refractivity (Wildman–Crippen MR) is 120 cm³/mol. The highest BCUT2D eigenvalue weighted by molar-refractivity contribution is 8.02. The molecule has 1 N–H and O–H groups in total. The Kier molecular flexibility index (Phi) is 7.03. The average molecular weight is 444 g/mol. The van der Waals surface area contributed by atoms with E-state index in [1.54, 1.807) is 6.26 Å². The van der Waals surface area contributed by atoms with Crippen LogP contribution in [0.2, 0.25) is 0 Å². The van der Waals surface area contributed by atoms with Crippen molar-refractivity contribution in [3.8, 4) is 0 Å². The van der Waals surface area contributed by atoms with E-state index in [9.17, 15) is 4.79 Å². The van der Waals surface area contributed by atoms with Crippen molar-refractivity contribution in [3.05, 3.63) is 60.1 Å². The van der Waals surface area contributed by atoms with Crippen molar-refractivity contribution in [2.75, 3.05) is 31.5 Å². The lowest BCUT2D eigenvalue weighted by Gasteiger charge is -2.35. The van der Waals surface area contributed by atoms with Crippen LogP contribution in [0.1, 0.15) is 18.2 Å². The molecular weight excluding hydrogens is 418 g/mol. The Morgan fingerprint density at radius 2 is 1.97 bits per heavy atom. The SMILES string of the molecule is C[C@H](Sc1nnc(NCc2ccco2)s1)C(=O)N1CCN(Cc2ccccc2)CC1. The van der Waals surface area contributed by atoms with E-state index in [-0.39, 0.29) is 11.2 Å². The molecule has 1 atom stereocenters. The van der Waals surface area contributed by atoms with Crippen LogP contribution in [0.25, 0.3) is 0 Å². The molecule has 2 aromatic heterocycles. The molecule has 1 saturated heterocycles. The molecule has 7 nitrogen and oxygen atoms in total. The summed E-state index contributed by atoms with van der Waals surface area (Å²) in [5.41, 5.74) is 1.31. The van der Waals surface area contributed by atoms with Gasteiger partial charge in [0.1, 0.15) is 5.76 Å². The van der Waals surface area contributed by atoms with Crippen LogP contribution in [-0.2, 0) is 17.9 Å². The maximum Gasteiger partial charge on any atom is 0.235 e. The van der Waals surface area contributed by atoms with E-state index >= 15 is 0 Å². The molecular formula is C21H25N5O2S2. The standard InChI is InChI=1S/C21H25N5O2S2/c1-16(29-21-24-23-20(30-21)22-14-18-8-5-13-28-18)19(27)26-11-9-25(10-12-26)15-17-6-3-2-4-7-17/h2-8,13,16H,9-12,14-15H2,1H3,(H,22,23)/t16-/m0/s1. The average Bonchev–Trinajstić information content (AvgIpc) is 3.45. The summed E-state index contributed by atoms with van der Waals surface area (Å²) in [6.07, 6.45) is 1.65. The van der Waals surface area contributed by atoms with Crippen molar-refractivity contribution in [1.82, 2.24) is 20.0 Å². The number of piperazine rings is 1. The lowest BCUT2D eigenvalue weighted by molar-refractivity contribution is -0.132. The number of rotatable bonds is 8. The zero-order chi connectivity index (χ0) is 20.8. The van der Waals surface area contributed by atoms with E-state index in [2.05, 4.69) is 44.7 Å². The van der Waals surface area contributed by atoms with Crippen LogP contribution in [0.15, 0.2) is 57.5 Å². The minimum Gasteiger partial charge on any atom is -0.467 e. The number of amides is 1. The number of nitrogens with one attached hydrogen (secondary N) is 1. The Balaban J connectivity index is 1.22. The number of carbonyl (C=O) groups is 1. The minimum absolute atomic E-state index is 0.166. The van der Waals surface area contributed by atoms with Crippen molar-refractivity contribution in [1.29, 1.82) is 0 Å². The molecule has 30 heavy (non-hydrogen) atoms. The van der Waals surface area contributed by atoms with Crippen molar-refractivity contribution in [3.63, 3.8) is 0 Å². The van der Waals surface area contributed by atoms with Gasteiger partial charge in [0.15, 0.2) is 4.34 Å². The Labute approximate surface area is 184 Å². The van der Waals surface area contributed by atoms with Gasteiger partial charge >= 0.3 is 0 Å². The van der Waals surface area contributed by atoms with Gasteiger partial charge in [-0.1, -0.05) is 53.4 Å².